The molecule has 0 saturated carbocycles. The third-order valence-corrected chi connectivity index (χ3v) is 12.2. The van der Waals surface area contributed by atoms with Gasteiger partial charge in [-0.15, -0.1) is 0 Å². The fourth-order valence-corrected chi connectivity index (χ4v) is 9.16. The smallest absolute Gasteiger partial charge is 0.164 e. The molecular formula is C58H36N6. The maximum Gasteiger partial charge on any atom is 0.164 e. The molecule has 0 unspecified atom stereocenters. The Morgan fingerprint density at radius 1 is 0.297 bits per heavy atom. The molecule has 6 nitrogen and oxygen atoms in total. The molecule has 0 aliphatic carbocycles. The monoisotopic (exact) mass is 816 g/mol. The second-order valence-electron chi connectivity index (χ2n) is 16.0. The van der Waals surface area contributed by atoms with E-state index >= 15 is 0 Å². The van der Waals surface area contributed by atoms with Crippen molar-refractivity contribution in [2.75, 3.05) is 0 Å². The summed E-state index contributed by atoms with van der Waals surface area (Å²) >= 11 is 0. The van der Waals surface area contributed by atoms with Crippen LogP contribution in [0.3, 0.4) is 0 Å². The van der Waals surface area contributed by atoms with Gasteiger partial charge in [0.05, 0.1) is 33.7 Å². The number of nitrogens with zero attached hydrogens (tertiary/aromatic N) is 6. The predicted octanol–water partition coefficient (Wildman–Crippen LogP) is 14.3. The highest BCUT2D eigenvalue weighted by molar-refractivity contribution is 6.12. The molecule has 0 saturated heterocycles. The number of para-hydroxylation sites is 2. The summed E-state index contributed by atoms with van der Waals surface area (Å²) in [5, 5.41) is 14.3. The van der Waals surface area contributed by atoms with Gasteiger partial charge in [-0.05, 0) is 82.9 Å². The molecule has 12 aromatic rings. The Morgan fingerprint density at radius 3 is 1.39 bits per heavy atom. The highest BCUT2D eigenvalue weighted by atomic mass is 15.0. The zero-order valence-corrected chi connectivity index (χ0v) is 34.5. The lowest BCUT2D eigenvalue weighted by atomic mass is 10.0. The van der Waals surface area contributed by atoms with Crippen LogP contribution in [-0.2, 0) is 0 Å². The molecule has 0 aliphatic heterocycles. The largest absolute Gasteiger partial charge is 0.309 e. The minimum absolute atomic E-state index is 0.582. The summed E-state index contributed by atoms with van der Waals surface area (Å²) in [4.78, 5) is 15.5. The quantitative estimate of drug-likeness (QED) is 0.161. The van der Waals surface area contributed by atoms with Crippen molar-refractivity contribution in [3.05, 3.63) is 224 Å². The minimum atomic E-state index is 0.582. The van der Waals surface area contributed by atoms with Crippen molar-refractivity contribution in [2.24, 2.45) is 0 Å². The molecule has 0 spiro atoms. The Bertz CT molecular complexity index is 3770. The van der Waals surface area contributed by atoms with Crippen molar-refractivity contribution >= 4 is 43.6 Å². The van der Waals surface area contributed by atoms with Crippen LogP contribution >= 0.6 is 0 Å². The molecule has 64 heavy (non-hydrogen) atoms. The van der Waals surface area contributed by atoms with Crippen LogP contribution in [0.4, 0.5) is 0 Å². The lowest BCUT2D eigenvalue weighted by molar-refractivity contribution is 1.07. The average molecular weight is 817 g/mol. The predicted molar refractivity (Wildman–Crippen MR) is 260 cm³/mol. The first-order chi connectivity index (χ1) is 31.7. The summed E-state index contributed by atoms with van der Waals surface area (Å²) in [6.07, 6.45) is 0. The molecule has 3 heterocycles. The highest BCUT2D eigenvalue weighted by Crippen LogP contribution is 2.39. The molecule has 0 atom stereocenters. The fourth-order valence-electron chi connectivity index (χ4n) is 9.16. The van der Waals surface area contributed by atoms with Crippen LogP contribution in [0.5, 0.6) is 0 Å². The molecule has 0 radical (unpaired) electrons. The Morgan fingerprint density at radius 2 is 0.750 bits per heavy atom. The normalized spacial score (nSPS) is 11.4. The van der Waals surface area contributed by atoms with Crippen LogP contribution in [0.15, 0.2) is 218 Å². The molecule has 3 aromatic heterocycles. The van der Waals surface area contributed by atoms with E-state index < -0.39 is 0 Å². The van der Waals surface area contributed by atoms with Crippen LogP contribution in [0.1, 0.15) is 5.56 Å². The van der Waals surface area contributed by atoms with Crippen molar-refractivity contribution in [3.63, 3.8) is 0 Å². The molecule has 0 fully saturated rings. The summed E-state index contributed by atoms with van der Waals surface area (Å²) < 4.78 is 4.68. The highest BCUT2D eigenvalue weighted by Gasteiger charge is 2.20. The molecule has 0 amide bonds. The van der Waals surface area contributed by atoms with Crippen LogP contribution in [0.25, 0.3) is 111 Å². The van der Waals surface area contributed by atoms with Gasteiger partial charge < -0.3 is 9.13 Å². The lowest BCUT2D eigenvalue weighted by Crippen LogP contribution is -2.02. The maximum atomic E-state index is 9.81. The molecule has 9 aromatic carbocycles. The standard InChI is InChI=1S/C58H36N6/c59-37-38-24-31-54-51(32-38)49-21-11-13-23-53(49)63(54)46-29-30-50-48-20-10-12-22-52(48)64(55(50)36-46)47-34-44(40-16-6-2-7-17-40)33-45(35-47)58-61-56(42-18-8-3-9-19-42)60-57(62-58)43-27-25-41(26-28-43)39-14-4-1-5-15-39/h1-36H. The van der Waals surface area contributed by atoms with E-state index in [0.29, 0.717) is 23.0 Å². The summed E-state index contributed by atoms with van der Waals surface area (Å²) in [7, 11) is 0. The number of rotatable bonds is 7. The summed E-state index contributed by atoms with van der Waals surface area (Å²) in [6, 6.07) is 78.2. The van der Waals surface area contributed by atoms with Gasteiger partial charge in [-0.1, -0.05) is 158 Å². The zero-order chi connectivity index (χ0) is 42.6. The maximum absolute atomic E-state index is 9.81. The second kappa shape index (κ2) is 15.2. The molecule has 0 N–H and O–H groups in total. The molecule has 298 valence electrons. The van der Waals surface area contributed by atoms with Crippen molar-refractivity contribution in [1.82, 2.24) is 24.1 Å². The second-order valence-corrected chi connectivity index (χ2v) is 16.0. The van der Waals surface area contributed by atoms with Crippen molar-refractivity contribution < 1.29 is 0 Å². The fraction of sp³-hybridized carbons (Fsp3) is 0. The van der Waals surface area contributed by atoms with Gasteiger partial charge in [0.15, 0.2) is 17.5 Å². The average Bonchev–Trinajstić information content (AvgIpc) is 3.89. The molecule has 12 rings (SSSR count). The zero-order valence-electron chi connectivity index (χ0n) is 34.5. The number of nitriles is 1. The van der Waals surface area contributed by atoms with E-state index in [4.69, 9.17) is 15.0 Å². The first-order valence-corrected chi connectivity index (χ1v) is 21.3. The summed E-state index contributed by atoms with van der Waals surface area (Å²) in [6.45, 7) is 0. The number of hydrogen-bond acceptors (Lipinski definition) is 4. The van der Waals surface area contributed by atoms with Gasteiger partial charge in [0, 0.05) is 49.6 Å². The topological polar surface area (TPSA) is 72.3 Å². The first kappa shape index (κ1) is 36.9. The van der Waals surface area contributed by atoms with Gasteiger partial charge in [-0.2, -0.15) is 5.26 Å². The van der Waals surface area contributed by atoms with Gasteiger partial charge in [0.1, 0.15) is 0 Å². The van der Waals surface area contributed by atoms with Gasteiger partial charge in [0.2, 0.25) is 0 Å². The number of fused-ring (bicyclic) bond motifs is 6. The van der Waals surface area contributed by atoms with E-state index in [1.165, 1.54) is 0 Å². The SMILES string of the molecule is N#Cc1ccc2c(c1)c1ccccc1n2-c1ccc2c3ccccc3n(-c3cc(-c4ccccc4)cc(-c4nc(-c5ccccc5)nc(-c5ccc(-c6ccccc6)cc5)n4)c3)c2c1. The number of hydrogen-bond donors (Lipinski definition) is 0. The Labute approximate surface area is 369 Å². The number of aromatic nitrogens is 5. The molecule has 0 bridgehead atoms. The van der Waals surface area contributed by atoms with E-state index in [2.05, 4.69) is 179 Å². The van der Waals surface area contributed by atoms with Crippen LogP contribution in [0.2, 0.25) is 0 Å². The lowest BCUT2D eigenvalue weighted by Gasteiger charge is -2.15. The van der Waals surface area contributed by atoms with E-state index in [9.17, 15) is 5.26 Å². The third-order valence-electron chi connectivity index (χ3n) is 12.2. The first-order valence-electron chi connectivity index (χ1n) is 21.3. The van der Waals surface area contributed by atoms with Gasteiger partial charge in [-0.25, -0.2) is 15.0 Å². The van der Waals surface area contributed by atoms with Crippen molar-refractivity contribution in [1.29, 1.82) is 5.26 Å². The summed E-state index contributed by atoms with van der Waals surface area (Å²) in [5.41, 5.74) is 14.0. The van der Waals surface area contributed by atoms with Crippen molar-refractivity contribution in [2.45, 2.75) is 0 Å². The third kappa shape index (κ3) is 6.31. The minimum Gasteiger partial charge on any atom is -0.309 e. The van der Waals surface area contributed by atoms with E-state index in [1.807, 2.05) is 54.6 Å². The Kier molecular flexibility index (Phi) is 8.77. The molecular weight excluding hydrogens is 781 g/mol. The van der Waals surface area contributed by atoms with Crippen LogP contribution < -0.4 is 0 Å². The van der Waals surface area contributed by atoms with Gasteiger partial charge >= 0.3 is 0 Å². The van der Waals surface area contributed by atoms with E-state index in [1.54, 1.807) is 0 Å². The van der Waals surface area contributed by atoms with E-state index in [-0.39, 0.29) is 0 Å². The summed E-state index contributed by atoms with van der Waals surface area (Å²) in [5.74, 6) is 1.79. The molecule has 6 heteroatoms. The van der Waals surface area contributed by atoms with Gasteiger partial charge in [-0.3, -0.25) is 0 Å². The van der Waals surface area contributed by atoms with Gasteiger partial charge in [0.25, 0.3) is 0 Å². The molecule has 0 aliphatic rings. The Hall–Kier alpha value is -8.92. The van der Waals surface area contributed by atoms with Crippen molar-refractivity contribution in [3.8, 4) is 73.9 Å². The Balaban J connectivity index is 1.09. The number of benzene rings is 9. The van der Waals surface area contributed by atoms with Crippen LogP contribution in [0, 0.1) is 11.3 Å². The van der Waals surface area contributed by atoms with E-state index in [0.717, 1.165) is 93.9 Å². The van der Waals surface area contributed by atoms with Crippen LogP contribution in [-0.4, -0.2) is 24.1 Å².